The van der Waals surface area contributed by atoms with Crippen LogP contribution in [-0.4, -0.2) is 29.2 Å². The number of H-pyrrole nitrogens is 1. The second kappa shape index (κ2) is 8.61. The number of fused-ring (bicyclic) bond motifs is 1. The number of benzene rings is 2. The van der Waals surface area contributed by atoms with Crippen LogP contribution in [0.4, 0.5) is 5.82 Å². The van der Waals surface area contributed by atoms with Gasteiger partial charge in [-0.15, -0.1) is 12.4 Å². The van der Waals surface area contributed by atoms with Crippen LogP contribution in [0.25, 0.3) is 22.0 Å². The van der Waals surface area contributed by atoms with E-state index >= 15 is 0 Å². The minimum atomic E-state index is -0.0459. The van der Waals surface area contributed by atoms with Crippen molar-refractivity contribution in [2.45, 2.75) is 12.8 Å². The number of nitrogens with one attached hydrogen (secondary N) is 3. The summed E-state index contributed by atoms with van der Waals surface area (Å²) in [5, 5.41) is 23.9. The van der Waals surface area contributed by atoms with Crippen LogP contribution in [0.15, 0.2) is 36.4 Å². The van der Waals surface area contributed by atoms with Gasteiger partial charge in [0.05, 0.1) is 23.1 Å². The number of amides is 1. The number of halogens is 2. The molecular weight excluding hydrogens is 397 g/mol. The maximum Gasteiger partial charge on any atom is 0.229 e. The maximum atomic E-state index is 12.5. The van der Waals surface area contributed by atoms with Gasteiger partial charge in [0.15, 0.2) is 5.82 Å². The van der Waals surface area contributed by atoms with Crippen LogP contribution in [0.3, 0.4) is 0 Å². The fraction of sp³-hybridized carbons (Fsp3) is 0.250. The van der Waals surface area contributed by atoms with Gasteiger partial charge in [-0.2, -0.15) is 10.4 Å². The third-order valence-corrected chi connectivity index (χ3v) is 5.21. The van der Waals surface area contributed by atoms with E-state index in [0.717, 1.165) is 41.4 Å². The van der Waals surface area contributed by atoms with Crippen LogP contribution in [0.1, 0.15) is 18.4 Å². The van der Waals surface area contributed by atoms with Gasteiger partial charge in [0.25, 0.3) is 0 Å². The zero-order valence-corrected chi connectivity index (χ0v) is 16.5. The third kappa shape index (κ3) is 3.97. The lowest BCUT2D eigenvalue weighted by molar-refractivity contribution is -0.120. The van der Waals surface area contributed by atoms with Crippen molar-refractivity contribution in [3.05, 3.63) is 47.0 Å². The number of carbonyl (C=O) groups excluding carboxylic acids is 1. The molecule has 0 unspecified atom stereocenters. The van der Waals surface area contributed by atoms with Crippen molar-refractivity contribution in [1.82, 2.24) is 15.5 Å². The van der Waals surface area contributed by atoms with Crippen molar-refractivity contribution < 1.29 is 4.79 Å². The Morgan fingerprint density at radius 1 is 1.29 bits per heavy atom. The zero-order valence-electron chi connectivity index (χ0n) is 15.0. The number of piperidine rings is 1. The van der Waals surface area contributed by atoms with Gasteiger partial charge in [-0.3, -0.25) is 9.89 Å². The largest absolute Gasteiger partial charge is 0.316 e. The van der Waals surface area contributed by atoms with E-state index in [1.54, 1.807) is 18.2 Å². The lowest BCUT2D eigenvalue weighted by Crippen LogP contribution is -2.37. The van der Waals surface area contributed by atoms with E-state index in [1.807, 2.05) is 18.2 Å². The van der Waals surface area contributed by atoms with E-state index in [4.69, 9.17) is 16.9 Å². The molecular formula is C20H19Cl2N5O. The predicted molar refractivity (Wildman–Crippen MR) is 113 cm³/mol. The van der Waals surface area contributed by atoms with E-state index in [1.165, 1.54) is 0 Å². The monoisotopic (exact) mass is 415 g/mol. The molecule has 0 spiro atoms. The van der Waals surface area contributed by atoms with Crippen LogP contribution < -0.4 is 10.6 Å². The SMILES string of the molecule is Cl.N#Cc1ccc(Cl)c(-c2ccc3[nH]nc(NC(=O)[C@H]4CCCNC4)c3c2)c1. The van der Waals surface area contributed by atoms with Crippen molar-refractivity contribution in [2.75, 3.05) is 18.4 Å². The van der Waals surface area contributed by atoms with Gasteiger partial charge in [-0.1, -0.05) is 17.7 Å². The highest BCUT2D eigenvalue weighted by molar-refractivity contribution is 6.33. The first-order chi connectivity index (χ1) is 13.2. The van der Waals surface area contributed by atoms with E-state index in [-0.39, 0.29) is 24.2 Å². The molecule has 2 heterocycles. The number of anilines is 1. The molecule has 0 bridgehead atoms. The summed E-state index contributed by atoms with van der Waals surface area (Å²) in [6.07, 6.45) is 1.88. The number of nitriles is 1. The molecule has 4 rings (SSSR count). The Labute approximate surface area is 173 Å². The lowest BCUT2D eigenvalue weighted by atomic mass is 9.98. The Morgan fingerprint density at radius 3 is 2.89 bits per heavy atom. The van der Waals surface area contributed by atoms with Crippen LogP contribution in [-0.2, 0) is 4.79 Å². The summed E-state index contributed by atoms with van der Waals surface area (Å²) < 4.78 is 0. The molecule has 3 N–H and O–H groups in total. The molecule has 144 valence electrons. The summed E-state index contributed by atoms with van der Waals surface area (Å²) >= 11 is 6.33. The Morgan fingerprint density at radius 2 is 2.14 bits per heavy atom. The van der Waals surface area contributed by atoms with Gasteiger partial charge < -0.3 is 10.6 Å². The number of hydrogen-bond acceptors (Lipinski definition) is 4. The van der Waals surface area contributed by atoms with E-state index in [9.17, 15) is 4.79 Å². The van der Waals surface area contributed by atoms with Gasteiger partial charge in [0.2, 0.25) is 5.91 Å². The molecule has 1 saturated heterocycles. The first-order valence-corrected chi connectivity index (χ1v) is 9.23. The van der Waals surface area contributed by atoms with Gasteiger partial charge in [0, 0.05) is 22.5 Å². The van der Waals surface area contributed by atoms with Crippen molar-refractivity contribution in [3.8, 4) is 17.2 Å². The molecule has 1 atom stereocenters. The van der Waals surface area contributed by atoms with Crippen molar-refractivity contribution >= 4 is 46.6 Å². The number of nitrogens with zero attached hydrogens (tertiary/aromatic N) is 2. The van der Waals surface area contributed by atoms with Gasteiger partial charge in [-0.05, 0) is 55.3 Å². The summed E-state index contributed by atoms with van der Waals surface area (Å²) in [5.41, 5.74) is 3.00. The molecule has 3 aromatic rings. The quantitative estimate of drug-likeness (QED) is 0.599. The fourth-order valence-corrected chi connectivity index (χ4v) is 3.61. The van der Waals surface area contributed by atoms with Crippen LogP contribution in [0, 0.1) is 17.2 Å². The third-order valence-electron chi connectivity index (χ3n) is 4.88. The van der Waals surface area contributed by atoms with E-state index in [2.05, 4.69) is 26.9 Å². The number of rotatable bonds is 3. The summed E-state index contributed by atoms with van der Waals surface area (Å²) in [5.74, 6) is 0.441. The number of aromatic nitrogens is 2. The molecule has 1 aliphatic rings. The molecule has 0 saturated carbocycles. The average Bonchev–Trinajstić information content (AvgIpc) is 3.11. The lowest BCUT2D eigenvalue weighted by Gasteiger charge is -2.21. The van der Waals surface area contributed by atoms with Crippen molar-refractivity contribution in [3.63, 3.8) is 0 Å². The molecule has 6 nitrogen and oxygen atoms in total. The first kappa shape index (κ1) is 20.2. The van der Waals surface area contributed by atoms with Crippen molar-refractivity contribution in [1.29, 1.82) is 5.26 Å². The molecule has 2 aromatic carbocycles. The summed E-state index contributed by atoms with van der Waals surface area (Å²) in [6, 6.07) is 13.0. The Balaban J connectivity index is 0.00000225. The molecule has 0 radical (unpaired) electrons. The topological polar surface area (TPSA) is 93.6 Å². The van der Waals surface area contributed by atoms with E-state index in [0.29, 0.717) is 22.9 Å². The van der Waals surface area contributed by atoms with Crippen molar-refractivity contribution in [2.24, 2.45) is 5.92 Å². The molecule has 28 heavy (non-hydrogen) atoms. The second-order valence-electron chi connectivity index (χ2n) is 6.67. The number of carbonyl (C=O) groups is 1. The molecule has 8 heteroatoms. The van der Waals surface area contributed by atoms with Crippen LogP contribution in [0.2, 0.25) is 5.02 Å². The minimum Gasteiger partial charge on any atom is -0.316 e. The molecule has 1 fully saturated rings. The Hall–Kier alpha value is -2.59. The summed E-state index contributed by atoms with van der Waals surface area (Å²) in [7, 11) is 0. The first-order valence-electron chi connectivity index (χ1n) is 8.85. The van der Waals surface area contributed by atoms with Crippen LogP contribution in [0.5, 0.6) is 0 Å². The maximum absolute atomic E-state index is 12.5. The van der Waals surface area contributed by atoms with Gasteiger partial charge >= 0.3 is 0 Å². The Bertz CT molecular complexity index is 1050. The normalized spacial score (nSPS) is 16.2. The smallest absolute Gasteiger partial charge is 0.229 e. The highest BCUT2D eigenvalue weighted by Gasteiger charge is 2.22. The second-order valence-corrected chi connectivity index (χ2v) is 7.08. The molecule has 1 aliphatic heterocycles. The number of aromatic amines is 1. The van der Waals surface area contributed by atoms with Crippen LogP contribution >= 0.6 is 24.0 Å². The highest BCUT2D eigenvalue weighted by Crippen LogP contribution is 2.32. The van der Waals surface area contributed by atoms with Gasteiger partial charge in [-0.25, -0.2) is 0 Å². The van der Waals surface area contributed by atoms with Gasteiger partial charge in [0.1, 0.15) is 0 Å². The number of hydrogen-bond donors (Lipinski definition) is 3. The zero-order chi connectivity index (χ0) is 18.8. The van der Waals surface area contributed by atoms with E-state index < -0.39 is 0 Å². The Kier molecular flexibility index (Phi) is 6.20. The molecule has 0 aliphatic carbocycles. The minimum absolute atomic E-state index is 0. The fourth-order valence-electron chi connectivity index (χ4n) is 3.39. The summed E-state index contributed by atoms with van der Waals surface area (Å²) in [4.78, 5) is 12.5. The average molecular weight is 416 g/mol. The predicted octanol–water partition coefficient (Wildman–Crippen LogP) is 4.11. The molecule has 1 aromatic heterocycles. The summed E-state index contributed by atoms with van der Waals surface area (Å²) in [6.45, 7) is 1.65. The molecule has 1 amide bonds. The standard InChI is InChI=1S/C20H18ClN5O.ClH/c21-17-5-3-12(10-22)8-15(17)13-4-6-18-16(9-13)19(26-25-18)24-20(27)14-2-1-7-23-11-14;/h3-6,8-9,14,23H,1-2,7,11H2,(H2,24,25,26,27);1H/t14-;/m0./s1. The highest BCUT2D eigenvalue weighted by atomic mass is 35.5.